The Labute approximate surface area is 106 Å². The van der Waals surface area contributed by atoms with Gasteiger partial charge in [-0.3, -0.25) is 0 Å². The zero-order chi connectivity index (χ0) is 13.0. The molecule has 0 aliphatic rings. The van der Waals surface area contributed by atoms with E-state index in [0.29, 0.717) is 5.65 Å². The lowest BCUT2D eigenvalue weighted by Crippen LogP contribution is -2.07. The minimum absolute atomic E-state index is 0.249. The van der Waals surface area contributed by atoms with Crippen molar-refractivity contribution in [2.45, 2.75) is 33.1 Å². The number of fused-ring (bicyclic) bond motifs is 1. The van der Waals surface area contributed by atoms with Gasteiger partial charge in [0.15, 0.2) is 11.5 Å². The summed E-state index contributed by atoms with van der Waals surface area (Å²) < 4.78 is 0. The molecule has 2 aromatic heterocycles. The summed E-state index contributed by atoms with van der Waals surface area (Å²) in [6, 6.07) is 0. The molecule has 0 amide bonds. The van der Waals surface area contributed by atoms with Crippen LogP contribution >= 0.6 is 0 Å². The quantitative estimate of drug-likeness (QED) is 0.681. The monoisotopic (exact) mass is 248 g/mol. The van der Waals surface area contributed by atoms with E-state index in [9.17, 15) is 0 Å². The second kappa shape index (κ2) is 5.66. The van der Waals surface area contributed by atoms with Gasteiger partial charge in [0.25, 0.3) is 0 Å². The van der Waals surface area contributed by atoms with Gasteiger partial charge in [0.2, 0.25) is 5.95 Å². The molecule has 98 valence electrons. The predicted octanol–water partition coefficient (Wildman–Crippen LogP) is 2.17. The maximum absolute atomic E-state index is 5.64. The smallest absolute Gasteiger partial charge is 0.224 e. The van der Waals surface area contributed by atoms with Crippen LogP contribution in [0.15, 0.2) is 6.33 Å². The molecule has 0 fully saturated rings. The maximum atomic E-state index is 5.64. The molecule has 0 saturated carbocycles. The second-order valence-corrected chi connectivity index (χ2v) is 4.85. The minimum Gasteiger partial charge on any atom is -0.368 e. The molecule has 0 aliphatic heterocycles. The molecule has 0 spiro atoms. The molecule has 0 atom stereocenters. The van der Waals surface area contributed by atoms with Crippen LogP contribution in [0.5, 0.6) is 0 Å². The number of nitrogen functional groups attached to an aromatic ring is 1. The summed E-state index contributed by atoms with van der Waals surface area (Å²) >= 11 is 0. The van der Waals surface area contributed by atoms with Gasteiger partial charge in [-0.1, -0.05) is 26.7 Å². The van der Waals surface area contributed by atoms with Gasteiger partial charge < -0.3 is 16.0 Å². The molecule has 2 aromatic rings. The first-order chi connectivity index (χ1) is 8.66. The van der Waals surface area contributed by atoms with Crippen LogP contribution in [-0.2, 0) is 0 Å². The van der Waals surface area contributed by atoms with Crippen LogP contribution in [0.25, 0.3) is 11.2 Å². The number of imidazole rings is 1. The highest BCUT2D eigenvalue weighted by Gasteiger charge is 2.07. The fraction of sp³-hybridized carbons (Fsp3) is 0.583. The van der Waals surface area contributed by atoms with E-state index in [1.165, 1.54) is 12.8 Å². The van der Waals surface area contributed by atoms with E-state index in [1.807, 2.05) is 0 Å². The molecule has 6 heteroatoms. The van der Waals surface area contributed by atoms with E-state index >= 15 is 0 Å². The van der Waals surface area contributed by atoms with Gasteiger partial charge in [0.1, 0.15) is 5.52 Å². The zero-order valence-corrected chi connectivity index (χ0v) is 10.9. The highest BCUT2D eigenvalue weighted by molar-refractivity contribution is 5.83. The largest absolute Gasteiger partial charge is 0.368 e. The molecular formula is C12H20N6. The zero-order valence-electron chi connectivity index (χ0n) is 10.9. The van der Waals surface area contributed by atoms with Crippen molar-refractivity contribution in [3.8, 4) is 0 Å². The Morgan fingerprint density at radius 2 is 2.17 bits per heavy atom. The van der Waals surface area contributed by atoms with Crippen LogP contribution in [0.3, 0.4) is 0 Å². The number of hydrogen-bond acceptors (Lipinski definition) is 5. The number of unbranched alkanes of at least 4 members (excludes halogenated alkanes) is 1. The van der Waals surface area contributed by atoms with Crippen LogP contribution < -0.4 is 11.1 Å². The van der Waals surface area contributed by atoms with Crippen LogP contribution in [-0.4, -0.2) is 26.5 Å². The van der Waals surface area contributed by atoms with E-state index in [0.717, 1.165) is 30.2 Å². The van der Waals surface area contributed by atoms with Gasteiger partial charge in [0.05, 0.1) is 6.33 Å². The third kappa shape index (κ3) is 3.09. The van der Waals surface area contributed by atoms with E-state index in [2.05, 4.69) is 39.1 Å². The van der Waals surface area contributed by atoms with Gasteiger partial charge in [-0.25, -0.2) is 4.98 Å². The predicted molar refractivity (Wildman–Crippen MR) is 73.3 cm³/mol. The fourth-order valence-electron chi connectivity index (χ4n) is 1.86. The lowest BCUT2D eigenvalue weighted by Gasteiger charge is -2.07. The Kier molecular flexibility index (Phi) is 3.96. The second-order valence-electron chi connectivity index (χ2n) is 4.85. The first-order valence-corrected chi connectivity index (χ1v) is 6.37. The molecule has 0 unspecified atom stereocenters. The van der Waals surface area contributed by atoms with E-state index < -0.39 is 0 Å². The molecule has 2 heterocycles. The van der Waals surface area contributed by atoms with Crippen molar-refractivity contribution in [1.29, 1.82) is 0 Å². The highest BCUT2D eigenvalue weighted by atomic mass is 15.1. The van der Waals surface area contributed by atoms with Gasteiger partial charge >= 0.3 is 0 Å². The average Bonchev–Trinajstić information content (AvgIpc) is 2.75. The molecule has 0 saturated heterocycles. The number of nitrogens with zero attached hydrogens (tertiary/aromatic N) is 3. The van der Waals surface area contributed by atoms with Gasteiger partial charge in [-0.15, -0.1) is 0 Å². The summed E-state index contributed by atoms with van der Waals surface area (Å²) in [4.78, 5) is 15.3. The molecule has 0 aromatic carbocycles. The maximum Gasteiger partial charge on any atom is 0.224 e. The Balaban J connectivity index is 1.93. The summed E-state index contributed by atoms with van der Waals surface area (Å²) in [6.45, 7) is 5.37. The molecule has 2 rings (SSSR count). The number of hydrogen-bond donors (Lipinski definition) is 3. The van der Waals surface area contributed by atoms with Crippen molar-refractivity contribution in [3.63, 3.8) is 0 Å². The number of nitrogens with two attached hydrogens (primary N) is 1. The number of rotatable bonds is 6. The SMILES string of the molecule is CC(C)CCCCNc1nc(N)nc2nc[nH]c12. The number of nitrogens with one attached hydrogen (secondary N) is 2. The number of aromatic nitrogens is 4. The van der Waals surface area contributed by atoms with Crippen LogP contribution in [0.4, 0.5) is 11.8 Å². The van der Waals surface area contributed by atoms with E-state index in [4.69, 9.17) is 5.73 Å². The number of aromatic amines is 1. The Morgan fingerprint density at radius 1 is 1.33 bits per heavy atom. The van der Waals surface area contributed by atoms with Crippen molar-refractivity contribution >= 4 is 22.9 Å². The van der Waals surface area contributed by atoms with E-state index in [-0.39, 0.29) is 5.95 Å². The lowest BCUT2D eigenvalue weighted by molar-refractivity contribution is 0.544. The van der Waals surface area contributed by atoms with Crippen LogP contribution in [0.2, 0.25) is 0 Å². The van der Waals surface area contributed by atoms with Gasteiger partial charge in [-0.2, -0.15) is 9.97 Å². The summed E-state index contributed by atoms with van der Waals surface area (Å²) in [5.74, 6) is 1.75. The van der Waals surface area contributed by atoms with Gasteiger partial charge in [-0.05, 0) is 12.3 Å². The molecule has 18 heavy (non-hydrogen) atoms. The van der Waals surface area contributed by atoms with Gasteiger partial charge in [0, 0.05) is 6.54 Å². The topological polar surface area (TPSA) is 92.5 Å². The first kappa shape index (κ1) is 12.6. The van der Waals surface area contributed by atoms with E-state index in [1.54, 1.807) is 6.33 Å². The van der Waals surface area contributed by atoms with Crippen molar-refractivity contribution in [1.82, 2.24) is 19.9 Å². The number of anilines is 2. The molecule has 4 N–H and O–H groups in total. The summed E-state index contributed by atoms with van der Waals surface area (Å²) in [5, 5.41) is 3.29. The molecule has 0 radical (unpaired) electrons. The third-order valence-corrected chi connectivity index (χ3v) is 2.80. The van der Waals surface area contributed by atoms with Crippen LogP contribution in [0.1, 0.15) is 33.1 Å². The number of H-pyrrole nitrogens is 1. The van der Waals surface area contributed by atoms with Crippen molar-refractivity contribution in [2.24, 2.45) is 5.92 Å². The standard InChI is InChI=1S/C12H20N6/c1-8(2)5-3-4-6-14-10-9-11(16-7-15-9)18-12(13)17-10/h7-8H,3-6H2,1-2H3,(H4,13,14,15,16,17,18). The third-order valence-electron chi connectivity index (χ3n) is 2.80. The summed E-state index contributed by atoms with van der Waals surface area (Å²) in [5.41, 5.74) is 7.05. The minimum atomic E-state index is 0.249. The molecule has 0 bridgehead atoms. The molecule has 0 aliphatic carbocycles. The highest BCUT2D eigenvalue weighted by Crippen LogP contribution is 2.17. The average molecular weight is 248 g/mol. The van der Waals surface area contributed by atoms with Crippen molar-refractivity contribution < 1.29 is 0 Å². The fourth-order valence-corrected chi connectivity index (χ4v) is 1.86. The Bertz CT molecular complexity index is 504. The molecular weight excluding hydrogens is 228 g/mol. The Morgan fingerprint density at radius 3 is 2.94 bits per heavy atom. The summed E-state index contributed by atoms with van der Waals surface area (Å²) in [6.07, 6.45) is 5.20. The summed E-state index contributed by atoms with van der Waals surface area (Å²) in [7, 11) is 0. The van der Waals surface area contributed by atoms with Crippen molar-refractivity contribution in [2.75, 3.05) is 17.6 Å². The normalized spacial score (nSPS) is 11.3. The van der Waals surface area contributed by atoms with Crippen molar-refractivity contribution in [3.05, 3.63) is 6.33 Å². The first-order valence-electron chi connectivity index (χ1n) is 6.37. The molecule has 6 nitrogen and oxygen atoms in total. The Hall–Kier alpha value is -1.85. The van der Waals surface area contributed by atoms with Crippen LogP contribution in [0, 0.1) is 5.92 Å². The lowest BCUT2D eigenvalue weighted by atomic mass is 10.1.